The number of hydrogen-bond donors (Lipinski definition) is 1. The van der Waals surface area contributed by atoms with Crippen molar-refractivity contribution in [2.24, 2.45) is 0 Å². The maximum Gasteiger partial charge on any atom is 0.335 e. The molecule has 0 saturated heterocycles. The standard InChI is InChI=1S/C23H20N2O5.C6H10.C2H6/c1-3-16(7-6-15(2)25(28)29)20-13-19(14-21(24-20)22-5-4-12-30-22)17-8-10-18(11-9-17)23(26)27;1-4-5-6(2)3;1-2/h4-14H,3H2,1-2H3,(H,26,27);4-5H,1H2,2-3H3;1-2H3/b15-6+,16-7+;;. The van der Waals surface area contributed by atoms with Crippen molar-refractivity contribution < 1.29 is 19.2 Å². The molecule has 1 aromatic carbocycles. The first-order valence-corrected chi connectivity index (χ1v) is 12.3. The quantitative estimate of drug-likeness (QED) is 0.182. The highest BCUT2D eigenvalue weighted by Gasteiger charge is 2.12. The largest absolute Gasteiger partial charge is 0.478 e. The average Bonchev–Trinajstić information content (AvgIpc) is 3.45. The molecule has 3 rings (SSSR count). The van der Waals surface area contributed by atoms with E-state index in [1.165, 1.54) is 18.6 Å². The van der Waals surface area contributed by atoms with Gasteiger partial charge in [0.25, 0.3) is 0 Å². The number of allylic oxidation sites excluding steroid dienone is 7. The Hall–Kier alpha value is -4.52. The van der Waals surface area contributed by atoms with Crippen molar-refractivity contribution in [2.45, 2.75) is 48.0 Å². The van der Waals surface area contributed by atoms with Crippen LogP contribution in [0, 0.1) is 10.1 Å². The number of pyridine rings is 1. The number of carboxylic acid groups (broad SMARTS) is 1. The van der Waals surface area contributed by atoms with Gasteiger partial charge in [-0.05, 0) is 73.4 Å². The van der Waals surface area contributed by atoms with E-state index in [1.54, 1.807) is 54.8 Å². The van der Waals surface area contributed by atoms with E-state index in [4.69, 9.17) is 9.52 Å². The van der Waals surface area contributed by atoms with Gasteiger partial charge in [-0.15, -0.1) is 0 Å². The highest BCUT2D eigenvalue weighted by Crippen LogP contribution is 2.30. The number of aromatic nitrogens is 1. The number of furan rings is 1. The van der Waals surface area contributed by atoms with Crippen LogP contribution < -0.4 is 0 Å². The van der Waals surface area contributed by atoms with Crippen molar-refractivity contribution in [3.63, 3.8) is 0 Å². The van der Waals surface area contributed by atoms with Gasteiger partial charge in [-0.25, -0.2) is 9.78 Å². The summed E-state index contributed by atoms with van der Waals surface area (Å²) in [5.41, 5.74) is 5.29. The maximum absolute atomic E-state index is 11.1. The number of benzene rings is 1. The van der Waals surface area contributed by atoms with Crippen LogP contribution in [-0.4, -0.2) is 21.0 Å². The molecule has 200 valence electrons. The molecule has 0 spiro atoms. The van der Waals surface area contributed by atoms with Crippen LogP contribution in [0.2, 0.25) is 0 Å². The zero-order chi connectivity index (χ0) is 28.7. The summed E-state index contributed by atoms with van der Waals surface area (Å²) in [6, 6.07) is 13.9. The summed E-state index contributed by atoms with van der Waals surface area (Å²) in [6.07, 6.45) is 9.10. The first-order valence-electron chi connectivity index (χ1n) is 12.3. The molecule has 38 heavy (non-hydrogen) atoms. The number of nitro groups is 1. The fraction of sp³-hybridized carbons (Fsp3) is 0.226. The maximum atomic E-state index is 11.1. The van der Waals surface area contributed by atoms with Gasteiger partial charge in [-0.1, -0.05) is 63.3 Å². The second-order valence-corrected chi connectivity index (χ2v) is 8.08. The van der Waals surface area contributed by atoms with Crippen LogP contribution in [0.15, 0.2) is 101 Å². The number of aromatic carboxylic acids is 1. The third-order valence-electron chi connectivity index (χ3n) is 5.04. The molecular weight excluding hydrogens is 480 g/mol. The molecule has 0 amide bonds. The minimum Gasteiger partial charge on any atom is -0.478 e. The molecule has 3 aromatic rings. The summed E-state index contributed by atoms with van der Waals surface area (Å²) >= 11 is 0. The molecule has 0 radical (unpaired) electrons. The lowest BCUT2D eigenvalue weighted by Crippen LogP contribution is -1.97. The van der Waals surface area contributed by atoms with Gasteiger partial charge in [-0.3, -0.25) is 10.1 Å². The van der Waals surface area contributed by atoms with Crippen LogP contribution in [0.25, 0.3) is 28.2 Å². The molecule has 7 nitrogen and oxygen atoms in total. The van der Waals surface area contributed by atoms with Crippen LogP contribution in [0.1, 0.15) is 64.0 Å². The summed E-state index contributed by atoms with van der Waals surface area (Å²) in [6.45, 7) is 15.0. The second kappa shape index (κ2) is 16.3. The Labute approximate surface area is 224 Å². The second-order valence-electron chi connectivity index (χ2n) is 8.08. The Morgan fingerprint density at radius 1 is 1.05 bits per heavy atom. The molecule has 0 atom stereocenters. The molecule has 0 bridgehead atoms. The highest BCUT2D eigenvalue weighted by molar-refractivity contribution is 5.88. The fourth-order valence-electron chi connectivity index (χ4n) is 3.12. The molecule has 7 heteroatoms. The SMILES string of the molecule is C=CC=C(C)C.CC.CC/C(=C\C=C(/C)[N+](=O)[O-])c1cc(-c2ccc(C(=O)O)cc2)cc(-c2ccco2)n1. The fourth-order valence-corrected chi connectivity index (χ4v) is 3.12. The third-order valence-corrected chi connectivity index (χ3v) is 5.04. The number of carbonyl (C=O) groups is 1. The van der Waals surface area contributed by atoms with Gasteiger partial charge in [-0.2, -0.15) is 0 Å². The predicted octanol–water partition coefficient (Wildman–Crippen LogP) is 8.85. The van der Waals surface area contributed by atoms with E-state index in [1.807, 2.05) is 52.8 Å². The molecule has 0 fully saturated rings. The first kappa shape index (κ1) is 31.5. The van der Waals surface area contributed by atoms with Crippen LogP contribution in [0.4, 0.5) is 0 Å². The molecule has 2 heterocycles. The van der Waals surface area contributed by atoms with Crippen LogP contribution in [0.5, 0.6) is 0 Å². The van der Waals surface area contributed by atoms with Crippen molar-refractivity contribution in [3.05, 3.63) is 118 Å². The lowest BCUT2D eigenvalue weighted by Gasteiger charge is -2.10. The van der Waals surface area contributed by atoms with Gasteiger partial charge >= 0.3 is 5.97 Å². The minimum absolute atomic E-state index is 0.0348. The number of nitrogens with zero attached hydrogens (tertiary/aromatic N) is 2. The Balaban J connectivity index is 0.000000795. The monoisotopic (exact) mass is 516 g/mol. The normalized spacial score (nSPS) is 10.8. The van der Waals surface area contributed by atoms with Crippen molar-refractivity contribution in [1.29, 1.82) is 0 Å². The van der Waals surface area contributed by atoms with Crippen molar-refractivity contribution in [3.8, 4) is 22.6 Å². The third kappa shape index (κ3) is 9.85. The molecular formula is C31H36N2O5. The number of carboxylic acids is 1. The van der Waals surface area contributed by atoms with Crippen molar-refractivity contribution in [2.75, 3.05) is 0 Å². The van der Waals surface area contributed by atoms with Crippen LogP contribution in [0.3, 0.4) is 0 Å². The molecule has 0 unspecified atom stereocenters. The van der Waals surface area contributed by atoms with E-state index >= 15 is 0 Å². The van der Waals surface area contributed by atoms with Crippen LogP contribution >= 0.6 is 0 Å². The molecule has 0 saturated carbocycles. The van der Waals surface area contributed by atoms with E-state index in [0.29, 0.717) is 23.6 Å². The zero-order valence-electron chi connectivity index (χ0n) is 22.9. The molecule has 2 aromatic heterocycles. The van der Waals surface area contributed by atoms with Gasteiger partial charge in [0, 0.05) is 13.0 Å². The van der Waals surface area contributed by atoms with E-state index in [0.717, 1.165) is 16.7 Å². The number of hydrogen-bond acceptors (Lipinski definition) is 5. The topological polar surface area (TPSA) is 106 Å². The Morgan fingerprint density at radius 2 is 1.71 bits per heavy atom. The smallest absolute Gasteiger partial charge is 0.335 e. The first-order chi connectivity index (χ1) is 18.2. The Bertz CT molecular complexity index is 1290. The van der Waals surface area contributed by atoms with E-state index in [9.17, 15) is 14.9 Å². The summed E-state index contributed by atoms with van der Waals surface area (Å²) in [5.74, 6) is -0.398. The van der Waals surface area contributed by atoms with Gasteiger partial charge in [0.05, 0.1) is 22.4 Å². The van der Waals surface area contributed by atoms with Gasteiger partial charge in [0.1, 0.15) is 5.69 Å². The van der Waals surface area contributed by atoms with E-state index in [2.05, 4.69) is 11.6 Å². The van der Waals surface area contributed by atoms with E-state index in [-0.39, 0.29) is 11.3 Å². The summed E-state index contributed by atoms with van der Waals surface area (Å²) in [4.78, 5) is 26.3. The van der Waals surface area contributed by atoms with Gasteiger partial charge in [0.2, 0.25) is 5.70 Å². The summed E-state index contributed by atoms with van der Waals surface area (Å²) in [5, 5.41) is 20.0. The van der Waals surface area contributed by atoms with Gasteiger partial charge < -0.3 is 9.52 Å². The Morgan fingerprint density at radius 3 is 2.16 bits per heavy atom. The summed E-state index contributed by atoms with van der Waals surface area (Å²) < 4.78 is 5.50. The molecule has 0 aliphatic rings. The Kier molecular flexibility index (Phi) is 13.5. The molecule has 0 aliphatic carbocycles. The van der Waals surface area contributed by atoms with Crippen molar-refractivity contribution >= 4 is 11.5 Å². The van der Waals surface area contributed by atoms with Crippen molar-refractivity contribution in [1.82, 2.24) is 4.98 Å². The molecule has 1 N–H and O–H groups in total. The predicted molar refractivity (Wildman–Crippen MR) is 154 cm³/mol. The lowest BCUT2D eigenvalue weighted by atomic mass is 9.99. The van der Waals surface area contributed by atoms with Crippen LogP contribution in [-0.2, 0) is 0 Å². The minimum atomic E-state index is -0.989. The highest BCUT2D eigenvalue weighted by atomic mass is 16.6. The number of rotatable bonds is 8. The lowest BCUT2D eigenvalue weighted by molar-refractivity contribution is -0.424. The van der Waals surface area contributed by atoms with Gasteiger partial charge in [0.15, 0.2) is 5.76 Å². The molecule has 0 aliphatic heterocycles. The average molecular weight is 517 g/mol. The van der Waals surface area contributed by atoms with E-state index < -0.39 is 10.9 Å². The summed E-state index contributed by atoms with van der Waals surface area (Å²) in [7, 11) is 0. The zero-order valence-corrected chi connectivity index (χ0v) is 22.9.